The molecule has 2 atom stereocenters. The number of carbonyl (C=O) groups is 1. The van der Waals surface area contributed by atoms with Crippen molar-refractivity contribution in [2.75, 3.05) is 6.54 Å². The van der Waals surface area contributed by atoms with E-state index in [1.165, 1.54) is 19.3 Å². The lowest BCUT2D eigenvalue weighted by Crippen LogP contribution is -2.46. The van der Waals surface area contributed by atoms with E-state index >= 15 is 0 Å². The summed E-state index contributed by atoms with van der Waals surface area (Å²) in [5.74, 6) is -0.0920. The molecule has 1 aliphatic rings. The van der Waals surface area contributed by atoms with Crippen LogP contribution in [0.4, 0.5) is 0 Å². The van der Waals surface area contributed by atoms with Crippen molar-refractivity contribution in [3.05, 3.63) is 0 Å². The molecule has 3 nitrogen and oxygen atoms in total. The molecule has 1 fully saturated rings. The van der Waals surface area contributed by atoms with Gasteiger partial charge in [-0.2, -0.15) is 0 Å². The molecular formula is C12H23NO2. The van der Waals surface area contributed by atoms with Gasteiger partial charge in [0.1, 0.15) is 0 Å². The molecule has 0 saturated carbocycles. The van der Waals surface area contributed by atoms with Gasteiger partial charge in [-0.1, -0.05) is 6.42 Å². The third-order valence-electron chi connectivity index (χ3n) is 3.05. The summed E-state index contributed by atoms with van der Waals surface area (Å²) >= 11 is 0. The predicted molar refractivity (Wildman–Crippen MR) is 60.7 cm³/mol. The van der Waals surface area contributed by atoms with Crippen molar-refractivity contribution in [3.63, 3.8) is 0 Å². The van der Waals surface area contributed by atoms with Gasteiger partial charge in [0.15, 0.2) is 0 Å². The minimum absolute atomic E-state index is 0.00657. The third-order valence-corrected chi connectivity index (χ3v) is 3.05. The van der Waals surface area contributed by atoms with Crippen molar-refractivity contribution in [2.24, 2.45) is 0 Å². The van der Waals surface area contributed by atoms with Crippen LogP contribution in [0.15, 0.2) is 0 Å². The normalized spacial score (nSPS) is 28.1. The van der Waals surface area contributed by atoms with Crippen LogP contribution < -0.4 is 0 Å². The van der Waals surface area contributed by atoms with Gasteiger partial charge in [0.2, 0.25) is 0 Å². The number of carbonyl (C=O) groups excluding carboxylic acids is 1. The Bertz CT molecular complexity index is 206. The summed E-state index contributed by atoms with van der Waals surface area (Å²) in [6, 6.07) is 1.02. The van der Waals surface area contributed by atoms with Gasteiger partial charge in [0.25, 0.3) is 0 Å². The van der Waals surface area contributed by atoms with Crippen molar-refractivity contribution >= 4 is 5.97 Å². The Morgan fingerprint density at radius 3 is 2.33 bits per heavy atom. The van der Waals surface area contributed by atoms with Gasteiger partial charge in [-0.15, -0.1) is 0 Å². The highest BCUT2D eigenvalue weighted by Gasteiger charge is 2.26. The fourth-order valence-corrected chi connectivity index (χ4v) is 2.24. The van der Waals surface area contributed by atoms with Gasteiger partial charge in [-0.05, 0) is 40.5 Å². The predicted octanol–water partition coefficient (Wildman–Crippen LogP) is 2.20. The van der Waals surface area contributed by atoms with Crippen molar-refractivity contribution in [3.8, 4) is 0 Å². The molecule has 0 radical (unpaired) electrons. The van der Waals surface area contributed by atoms with E-state index in [-0.39, 0.29) is 12.1 Å². The Morgan fingerprint density at radius 2 is 1.87 bits per heavy atom. The van der Waals surface area contributed by atoms with Crippen LogP contribution in [-0.2, 0) is 9.53 Å². The summed E-state index contributed by atoms with van der Waals surface area (Å²) in [5.41, 5.74) is 0. The Balaban J connectivity index is 2.44. The fraction of sp³-hybridized carbons (Fsp3) is 0.917. The van der Waals surface area contributed by atoms with E-state index in [1.54, 1.807) is 0 Å². The minimum Gasteiger partial charge on any atom is -0.462 e. The monoisotopic (exact) mass is 213 g/mol. The number of hydrogen-bond acceptors (Lipinski definition) is 3. The molecule has 0 bridgehead atoms. The molecule has 0 spiro atoms. The molecule has 88 valence electrons. The van der Waals surface area contributed by atoms with Crippen LogP contribution in [0.1, 0.15) is 47.0 Å². The van der Waals surface area contributed by atoms with Gasteiger partial charge in [-0.3, -0.25) is 9.69 Å². The van der Waals surface area contributed by atoms with E-state index in [9.17, 15) is 4.79 Å². The number of rotatable bonds is 3. The second kappa shape index (κ2) is 5.50. The zero-order chi connectivity index (χ0) is 11.4. The molecule has 0 aromatic heterocycles. The number of likely N-dealkylation sites (tertiary alicyclic amines) is 1. The second-order valence-corrected chi connectivity index (χ2v) is 4.84. The van der Waals surface area contributed by atoms with E-state index in [2.05, 4.69) is 18.7 Å². The Labute approximate surface area is 92.8 Å². The lowest BCUT2D eigenvalue weighted by atomic mass is 9.98. The molecule has 0 N–H and O–H groups in total. The van der Waals surface area contributed by atoms with Crippen LogP contribution in [0.2, 0.25) is 0 Å². The number of ether oxygens (including phenoxy) is 1. The van der Waals surface area contributed by atoms with Crippen LogP contribution in [0, 0.1) is 0 Å². The molecule has 3 heteroatoms. The molecule has 1 rings (SSSR count). The van der Waals surface area contributed by atoms with E-state index in [1.807, 2.05) is 13.8 Å². The Morgan fingerprint density at radius 1 is 1.33 bits per heavy atom. The maximum atomic E-state index is 11.5. The summed E-state index contributed by atoms with van der Waals surface area (Å²) in [6.07, 6.45) is 3.66. The summed E-state index contributed by atoms with van der Waals surface area (Å²) in [5, 5.41) is 0. The number of esters is 1. The quantitative estimate of drug-likeness (QED) is 0.673. The first-order valence-corrected chi connectivity index (χ1v) is 5.96. The van der Waals surface area contributed by atoms with Crippen LogP contribution in [0.25, 0.3) is 0 Å². The van der Waals surface area contributed by atoms with Gasteiger partial charge in [-0.25, -0.2) is 0 Å². The highest BCUT2D eigenvalue weighted by Crippen LogP contribution is 2.21. The van der Waals surface area contributed by atoms with Gasteiger partial charge < -0.3 is 4.74 Å². The fourth-order valence-electron chi connectivity index (χ4n) is 2.24. The van der Waals surface area contributed by atoms with Crippen molar-refractivity contribution in [1.29, 1.82) is 0 Å². The lowest BCUT2D eigenvalue weighted by Gasteiger charge is -2.38. The first-order chi connectivity index (χ1) is 7.00. The van der Waals surface area contributed by atoms with Crippen molar-refractivity contribution in [2.45, 2.75) is 65.1 Å². The molecule has 1 aliphatic heterocycles. The number of hydrogen-bond donors (Lipinski definition) is 0. The number of piperidine rings is 1. The minimum atomic E-state index is -0.0920. The molecular weight excluding hydrogens is 190 g/mol. The van der Waals surface area contributed by atoms with Crippen LogP contribution >= 0.6 is 0 Å². The molecule has 2 unspecified atom stereocenters. The van der Waals surface area contributed by atoms with Gasteiger partial charge >= 0.3 is 5.97 Å². The summed E-state index contributed by atoms with van der Waals surface area (Å²) in [4.78, 5) is 13.8. The molecule has 0 aromatic carbocycles. The van der Waals surface area contributed by atoms with Crippen molar-refractivity contribution in [1.82, 2.24) is 4.90 Å². The summed E-state index contributed by atoms with van der Waals surface area (Å²) in [6.45, 7) is 8.61. The first kappa shape index (κ1) is 12.5. The Hall–Kier alpha value is -0.570. The lowest BCUT2D eigenvalue weighted by molar-refractivity contribution is -0.150. The average Bonchev–Trinajstić information content (AvgIpc) is 2.10. The number of nitrogens with zero attached hydrogens (tertiary/aromatic N) is 1. The van der Waals surface area contributed by atoms with Gasteiger partial charge in [0, 0.05) is 12.1 Å². The zero-order valence-corrected chi connectivity index (χ0v) is 10.3. The smallest absolute Gasteiger partial charge is 0.320 e. The second-order valence-electron chi connectivity index (χ2n) is 4.84. The average molecular weight is 213 g/mol. The molecule has 1 heterocycles. The maximum absolute atomic E-state index is 11.5. The van der Waals surface area contributed by atoms with Crippen LogP contribution in [0.5, 0.6) is 0 Å². The van der Waals surface area contributed by atoms with E-state index in [0.29, 0.717) is 18.6 Å². The first-order valence-electron chi connectivity index (χ1n) is 5.96. The highest BCUT2D eigenvalue weighted by molar-refractivity contribution is 5.71. The largest absolute Gasteiger partial charge is 0.462 e. The Kier molecular flexibility index (Phi) is 4.58. The molecule has 15 heavy (non-hydrogen) atoms. The van der Waals surface area contributed by atoms with Gasteiger partial charge in [0.05, 0.1) is 12.6 Å². The summed E-state index contributed by atoms with van der Waals surface area (Å²) < 4.78 is 5.17. The van der Waals surface area contributed by atoms with Crippen LogP contribution in [0.3, 0.4) is 0 Å². The molecule has 0 aromatic rings. The zero-order valence-electron chi connectivity index (χ0n) is 10.3. The molecule has 0 amide bonds. The highest BCUT2D eigenvalue weighted by atomic mass is 16.5. The molecule has 1 saturated heterocycles. The topological polar surface area (TPSA) is 29.5 Å². The summed E-state index contributed by atoms with van der Waals surface area (Å²) in [7, 11) is 0. The van der Waals surface area contributed by atoms with Crippen molar-refractivity contribution < 1.29 is 9.53 Å². The SMILES string of the molecule is CC(C)OC(=O)CN1C(C)CCCC1C. The van der Waals surface area contributed by atoms with Crippen LogP contribution in [-0.4, -0.2) is 35.6 Å². The maximum Gasteiger partial charge on any atom is 0.320 e. The van der Waals surface area contributed by atoms with E-state index < -0.39 is 0 Å². The third kappa shape index (κ3) is 3.82. The standard InChI is InChI=1S/C12H23NO2/c1-9(2)15-12(14)8-13-10(3)6-5-7-11(13)4/h9-11H,5-8H2,1-4H3. The van der Waals surface area contributed by atoms with E-state index in [4.69, 9.17) is 4.74 Å². The molecule has 0 aliphatic carbocycles. The van der Waals surface area contributed by atoms with E-state index in [0.717, 1.165) is 0 Å².